The van der Waals surface area contributed by atoms with Crippen LogP contribution in [0.4, 0.5) is 5.69 Å². The summed E-state index contributed by atoms with van der Waals surface area (Å²) in [5.41, 5.74) is 10.5. The second-order valence-corrected chi connectivity index (χ2v) is 10.9. The Labute approximate surface area is 248 Å². The average Bonchev–Trinajstić information content (AvgIpc) is 3.57. The molecule has 2 aromatic heterocycles. The second kappa shape index (κ2) is 9.48. The maximum Gasteiger partial charge on any atom is 0.188 e. The van der Waals surface area contributed by atoms with Crippen molar-refractivity contribution in [3.63, 3.8) is 0 Å². The first-order valence-electron chi connectivity index (χ1n) is 14.2. The van der Waals surface area contributed by atoms with Crippen LogP contribution in [0, 0.1) is 24.8 Å². The summed E-state index contributed by atoms with van der Waals surface area (Å²) in [6.45, 7) is 9.49. The Morgan fingerprint density at radius 2 is 1.30 bits per heavy atom. The molecule has 0 aliphatic heterocycles. The topological polar surface area (TPSA) is 38.0 Å². The van der Waals surface area contributed by atoms with E-state index in [9.17, 15) is 5.26 Å². The summed E-state index contributed by atoms with van der Waals surface area (Å²) < 4.78 is 4.54. The van der Waals surface area contributed by atoms with Gasteiger partial charge in [0.1, 0.15) is 0 Å². The zero-order valence-electron chi connectivity index (χ0n) is 23.4. The van der Waals surface area contributed by atoms with Crippen LogP contribution < -0.4 is 0 Å². The molecule has 8 aromatic rings. The molecule has 2 heterocycles. The van der Waals surface area contributed by atoms with Gasteiger partial charge in [-0.1, -0.05) is 84.9 Å². The van der Waals surface area contributed by atoms with E-state index in [2.05, 4.69) is 123 Å². The van der Waals surface area contributed by atoms with E-state index in [4.69, 9.17) is 6.57 Å². The van der Waals surface area contributed by atoms with Crippen LogP contribution >= 0.6 is 0 Å². The molecule has 0 N–H and O–H groups in total. The number of hydrogen-bond donors (Lipinski definition) is 0. The molecule has 0 amide bonds. The molecule has 4 heteroatoms. The first-order chi connectivity index (χ1) is 21.2. The summed E-state index contributed by atoms with van der Waals surface area (Å²) in [5, 5.41) is 14.8. The van der Waals surface area contributed by atoms with Gasteiger partial charge in [0.25, 0.3) is 0 Å². The van der Waals surface area contributed by atoms with Crippen LogP contribution in [0.15, 0.2) is 127 Å². The molecule has 8 rings (SSSR count). The number of aryl methyl sites for hydroxylation is 1. The Bertz CT molecular complexity index is 2480. The molecule has 0 saturated carbocycles. The Balaban J connectivity index is 1.46. The highest BCUT2D eigenvalue weighted by Crippen LogP contribution is 2.42. The van der Waals surface area contributed by atoms with Gasteiger partial charge in [-0.15, -0.1) is 0 Å². The molecule has 0 aliphatic rings. The Morgan fingerprint density at radius 3 is 2.07 bits per heavy atom. The Kier molecular flexibility index (Phi) is 5.44. The van der Waals surface area contributed by atoms with Crippen molar-refractivity contribution in [2.45, 2.75) is 6.92 Å². The summed E-state index contributed by atoms with van der Waals surface area (Å²) in [5.74, 6) is 0. The van der Waals surface area contributed by atoms with E-state index in [1.165, 1.54) is 16.3 Å². The van der Waals surface area contributed by atoms with Crippen molar-refractivity contribution in [3.8, 4) is 28.6 Å². The third kappa shape index (κ3) is 3.61. The van der Waals surface area contributed by atoms with Gasteiger partial charge in [-0.05, 0) is 66.1 Å². The van der Waals surface area contributed by atoms with E-state index in [0.717, 1.165) is 55.4 Å². The molecule has 0 radical (unpaired) electrons. The molecular weight excluding hydrogens is 524 g/mol. The number of rotatable bonds is 3. The summed E-state index contributed by atoms with van der Waals surface area (Å²) in [4.78, 5) is 3.60. The molecule has 0 atom stereocenters. The second-order valence-electron chi connectivity index (χ2n) is 10.9. The molecular formula is C39H24N4. The van der Waals surface area contributed by atoms with Crippen molar-refractivity contribution >= 4 is 49.3 Å². The monoisotopic (exact) mass is 548 g/mol. The van der Waals surface area contributed by atoms with Gasteiger partial charge in [0.15, 0.2) is 5.69 Å². The van der Waals surface area contributed by atoms with Gasteiger partial charge >= 0.3 is 0 Å². The molecule has 0 saturated heterocycles. The molecule has 0 spiro atoms. The SMILES string of the molecule is [C-]#[N+]c1cc(C)c(-n2c3ccccc3c3c(-c4ccc5c6ccccc6n(-c6ccccc6)c5c4)cccc32)c(C#N)c1. The largest absolute Gasteiger partial charge is 0.309 e. The fraction of sp³-hybridized carbons (Fsp3) is 0.0256. The Morgan fingerprint density at radius 1 is 0.628 bits per heavy atom. The predicted octanol–water partition coefficient (Wildman–Crippen LogP) is 10.3. The van der Waals surface area contributed by atoms with Gasteiger partial charge in [-0.3, -0.25) is 0 Å². The van der Waals surface area contributed by atoms with Crippen LogP contribution in [0.1, 0.15) is 11.1 Å². The zero-order valence-corrected chi connectivity index (χ0v) is 23.4. The average molecular weight is 549 g/mol. The summed E-state index contributed by atoms with van der Waals surface area (Å²) in [6.07, 6.45) is 0. The maximum atomic E-state index is 10.2. The maximum absolute atomic E-state index is 10.2. The molecule has 4 nitrogen and oxygen atoms in total. The number of aromatic nitrogens is 2. The fourth-order valence-corrected chi connectivity index (χ4v) is 6.70. The van der Waals surface area contributed by atoms with Crippen LogP contribution in [-0.4, -0.2) is 9.13 Å². The van der Waals surface area contributed by atoms with Crippen molar-refractivity contribution in [3.05, 3.63) is 150 Å². The van der Waals surface area contributed by atoms with Crippen LogP contribution in [0.2, 0.25) is 0 Å². The first kappa shape index (κ1) is 24.7. The van der Waals surface area contributed by atoms with Crippen molar-refractivity contribution in [1.29, 1.82) is 5.26 Å². The highest BCUT2D eigenvalue weighted by Gasteiger charge is 2.20. The van der Waals surface area contributed by atoms with E-state index in [0.29, 0.717) is 11.3 Å². The van der Waals surface area contributed by atoms with E-state index in [1.807, 2.05) is 25.1 Å². The highest BCUT2D eigenvalue weighted by molar-refractivity contribution is 6.17. The molecule has 0 unspecified atom stereocenters. The summed E-state index contributed by atoms with van der Waals surface area (Å²) in [6, 6.07) is 46.6. The number of benzene rings is 6. The number of nitrogens with zero attached hydrogens (tertiary/aromatic N) is 4. The quantitative estimate of drug-likeness (QED) is 0.202. The van der Waals surface area contributed by atoms with Gasteiger partial charge in [-0.25, -0.2) is 4.85 Å². The van der Waals surface area contributed by atoms with Gasteiger partial charge in [0.2, 0.25) is 0 Å². The molecule has 43 heavy (non-hydrogen) atoms. The van der Waals surface area contributed by atoms with E-state index >= 15 is 0 Å². The van der Waals surface area contributed by atoms with Crippen molar-refractivity contribution in [1.82, 2.24) is 9.13 Å². The predicted molar refractivity (Wildman–Crippen MR) is 176 cm³/mol. The Hall–Kier alpha value is -6.10. The minimum Gasteiger partial charge on any atom is -0.309 e. The normalized spacial score (nSPS) is 11.3. The summed E-state index contributed by atoms with van der Waals surface area (Å²) >= 11 is 0. The molecule has 0 fully saturated rings. The van der Waals surface area contributed by atoms with E-state index in [-0.39, 0.29) is 0 Å². The molecule has 0 bridgehead atoms. The lowest BCUT2D eigenvalue weighted by Crippen LogP contribution is -2.00. The standard InChI is InChI=1S/C39H24N4/c1-25-21-28(41-2)22-27(24-40)39(25)43-35-17-9-7-14-33(35)38-30(15-10-18-36(38)43)26-19-20-32-31-13-6-8-16-34(31)42(37(32)23-26)29-11-4-3-5-12-29/h3-23H,1H3. The lowest BCUT2D eigenvalue weighted by atomic mass is 9.98. The van der Waals surface area contributed by atoms with E-state index < -0.39 is 0 Å². The molecule has 200 valence electrons. The summed E-state index contributed by atoms with van der Waals surface area (Å²) in [7, 11) is 0. The van der Waals surface area contributed by atoms with Gasteiger partial charge in [0, 0.05) is 27.2 Å². The van der Waals surface area contributed by atoms with Gasteiger partial charge < -0.3 is 9.13 Å². The van der Waals surface area contributed by atoms with Crippen LogP contribution in [0.3, 0.4) is 0 Å². The molecule has 6 aromatic carbocycles. The first-order valence-corrected chi connectivity index (χ1v) is 14.2. The number of nitriles is 1. The molecule has 0 aliphatic carbocycles. The number of fused-ring (bicyclic) bond motifs is 6. The van der Waals surface area contributed by atoms with Crippen LogP contribution in [-0.2, 0) is 0 Å². The third-order valence-corrected chi connectivity index (χ3v) is 8.46. The van der Waals surface area contributed by atoms with E-state index in [1.54, 1.807) is 6.07 Å². The highest BCUT2D eigenvalue weighted by atomic mass is 15.0. The van der Waals surface area contributed by atoms with Crippen molar-refractivity contribution in [2.24, 2.45) is 0 Å². The minimum atomic E-state index is 0.473. The van der Waals surface area contributed by atoms with Crippen LogP contribution in [0.5, 0.6) is 0 Å². The lowest BCUT2D eigenvalue weighted by Gasteiger charge is -2.14. The van der Waals surface area contributed by atoms with Crippen LogP contribution in [0.25, 0.3) is 71.0 Å². The van der Waals surface area contributed by atoms with Gasteiger partial charge in [-0.2, -0.15) is 5.26 Å². The van der Waals surface area contributed by atoms with Crippen molar-refractivity contribution in [2.75, 3.05) is 0 Å². The fourth-order valence-electron chi connectivity index (χ4n) is 6.70. The number of para-hydroxylation sites is 3. The van der Waals surface area contributed by atoms with Gasteiger partial charge in [0.05, 0.1) is 46.0 Å². The number of hydrogen-bond acceptors (Lipinski definition) is 1. The smallest absolute Gasteiger partial charge is 0.188 e. The minimum absolute atomic E-state index is 0.473. The zero-order chi connectivity index (χ0) is 29.1. The van der Waals surface area contributed by atoms with Crippen molar-refractivity contribution < 1.29 is 0 Å². The lowest BCUT2D eigenvalue weighted by molar-refractivity contribution is 1.14. The third-order valence-electron chi connectivity index (χ3n) is 8.46.